The van der Waals surface area contributed by atoms with E-state index in [1.54, 1.807) is 11.9 Å². The highest BCUT2D eigenvalue weighted by molar-refractivity contribution is 5.77. The first-order chi connectivity index (χ1) is 10.6. The van der Waals surface area contributed by atoms with Gasteiger partial charge in [-0.25, -0.2) is 0 Å². The van der Waals surface area contributed by atoms with E-state index in [0.29, 0.717) is 13.2 Å². The van der Waals surface area contributed by atoms with Crippen molar-refractivity contribution < 1.29 is 9.53 Å². The standard InChI is InChI=1S/C19H23NO2/c1-15-9-10-18(16(2)11-15)13-22-14-19(21)20(3)12-17-7-5-4-6-8-17/h4-11H,12-14H2,1-3H3. The van der Waals surface area contributed by atoms with Crippen molar-refractivity contribution in [3.63, 3.8) is 0 Å². The van der Waals surface area contributed by atoms with Crippen LogP contribution in [0.1, 0.15) is 22.3 Å². The van der Waals surface area contributed by atoms with E-state index in [0.717, 1.165) is 11.1 Å². The molecule has 3 heteroatoms. The van der Waals surface area contributed by atoms with Gasteiger partial charge in [0.05, 0.1) is 6.61 Å². The van der Waals surface area contributed by atoms with Gasteiger partial charge >= 0.3 is 0 Å². The lowest BCUT2D eigenvalue weighted by molar-refractivity contribution is -0.135. The van der Waals surface area contributed by atoms with Crippen LogP contribution < -0.4 is 0 Å². The molecule has 0 aliphatic carbocycles. The summed E-state index contributed by atoms with van der Waals surface area (Å²) in [7, 11) is 1.80. The number of carbonyl (C=O) groups excluding carboxylic acids is 1. The Morgan fingerprint density at radius 1 is 1.09 bits per heavy atom. The number of likely N-dealkylation sites (N-methyl/N-ethyl adjacent to an activating group) is 1. The smallest absolute Gasteiger partial charge is 0.248 e. The van der Waals surface area contributed by atoms with Crippen molar-refractivity contribution in [1.82, 2.24) is 4.90 Å². The average molecular weight is 297 g/mol. The van der Waals surface area contributed by atoms with Gasteiger partial charge in [-0.15, -0.1) is 0 Å². The molecule has 2 rings (SSSR count). The second-order valence-electron chi connectivity index (χ2n) is 5.66. The summed E-state index contributed by atoms with van der Waals surface area (Å²) in [5.74, 6) is -0.00591. The summed E-state index contributed by atoms with van der Waals surface area (Å²) in [5.41, 5.74) is 4.68. The summed E-state index contributed by atoms with van der Waals surface area (Å²) in [6.45, 7) is 5.31. The van der Waals surface area contributed by atoms with Crippen LogP contribution in [0.4, 0.5) is 0 Å². The van der Waals surface area contributed by atoms with Gasteiger partial charge in [-0.05, 0) is 30.5 Å². The van der Waals surface area contributed by atoms with E-state index in [9.17, 15) is 4.79 Å². The van der Waals surface area contributed by atoms with E-state index < -0.39 is 0 Å². The maximum atomic E-state index is 12.1. The Bertz CT molecular complexity index is 623. The lowest BCUT2D eigenvalue weighted by atomic mass is 10.1. The minimum Gasteiger partial charge on any atom is -0.367 e. The molecule has 0 spiro atoms. The maximum absolute atomic E-state index is 12.1. The highest BCUT2D eigenvalue weighted by Crippen LogP contribution is 2.11. The molecule has 0 aromatic heterocycles. The van der Waals surface area contributed by atoms with Crippen LogP contribution in [0, 0.1) is 13.8 Å². The van der Waals surface area contributed by atoms with Crippen LogP contribution >= 0.6 is 0 Å². The number of benzene rings is 2. The van der Waals surface area contributed by atoms with E-state index in [2.05, 4.69) is 32.0 Å². The summed E-state index contributed by atoms with van der Waals surface area (Å²) in [6.07, 6.45) is 0. The monoisotopic (exact) mass is 297 g/mol. The van der Waals surface area contributed by atoms with E-state index in [4.69, 9.17) is 4.74 Å². The molecule has 0 fully saturated rings. The largest absolute Gasteiger partial charge is 0.367 e. The van der Waals surface area contributed by atoms with Crippen molar-refractivity contribution in [2.45, 2.75) is 27.0 Å². The Balaban J connectivity index is 1.80. The van der Waals surface area contributed by atoms with Crippen molar-refractivity contribution in [3.05, 3.63) is 70.8 Å². The first-order valence-electron chi connectivity index (χ1n) is 7.48. The molecule has 0 N–H and O–H groups in total. The fourth-order valence-electron chi connectivity index (χ4n) is 2.31. The van der Waals surface area contributed by atoms with Crippen molar-refractivity contribution in [1.29, 1.82) is 0 Å². The lowest BCUT2D eigenvalue weighted by Gasteiger charge is -2.17. The van der Waals surface area contributed by atoms with Crippen molar-refractivity contribution in [2.24, 2.45) is 0 Å². The third kappa shape index (κ3) is 4.71. The SMILES string of the molecule is Cc1ccc(COCC(=O)N(C)Cc2ccccc2)c(C)c1. The number of carbonyl (C=O) groups is 1. The molecule has 0 atom stereocenters. The first-order valence-corrected chi connectivity index (χ1v) is 7.48. The van der Waals surface area contributed by atoms with Crippen molar-refractivity contribution in [2.75, 3.05) is 13.7 Å². The Hall–Kier alpha value is -2.13. The number of rotatable bonds is 6. The number of ether oxygens (including phenoxy) is 1. The quantitative estimate of drug-likeness (QED) is 0.817. The fourth-order valence-corrected chi connectivity index (χ4v) is 2.31. The van der Waals surface area contributed by atoms with Crippen LogP contribution in [-0.4, -0.2) is 24.5 Å². The Morgan fingerprint density at radius 3 is 2.50 bits per heavy atom. The number of aryl methyl sites for hydroxylation is 2. The molecule has 0 radical (unpaired) electrons. The fraction of sp³-hybridized carbons (Fsp3) is 0.316. The molecule has 0 saturated heterocycles. The van der Waals surface area contributed by atoms with Crippen molar-refractivity contribution >= 4 is 5.91 Å². The summed E-state index contributed by atoms with van der Waals surface area (Å²) in [5, 5.41) is 0. The van der Waals surface area contributed by atoms with Crippen LogP contribution in [0.25, 0.3) is 0 Å². The van der Waals surface area contributed by atoms with Gasteiger partial charge in [0, 0.05) is 13.6 Å². The highest BCUT2D eigenvalue weighted by atomic mass is 16.5. The minimum absolute atomic E-state index is 0.00591. The molecule has 22 heavy (non-hydrogen) atoms. The van der Waals surface area contributed by atoms with Gasteiger partial charge in [0.2, 0.25) is 5.91 Å². The normalized spacial score (nSPS) is 10.5. The Morgan fingerprint density at radius 2 is 1.82 bits per heavy atom. The van der Waals surface area contributed by atoms with Gasteiger partial charge in [-0.1, -0.05) is 54.1 Å². The topological polar surface area (TPSA) is 29.5 Å². The summed E-state index contributed by atoms with van der Waals surface area (Å²) < 4.78 is 5.57. The van der Waals surface area contributed by atoms with Gasteiger partial charge in [0.15, 0.2) is 0 Å². The van der Waals surface area contributed by atoms with E-state index in [-0.39, 0.29) is 12.5 Å². The van der Waals surface area contributed by atoms with Crippen LogP contribution in [0.3, 0.4) is 0 Å². The van der Waals surface area contributed by atoms with Crippen LogP contribution in [-0.2, 0) is 22.7 Å². The third-order valence-corrected chi connectivity index (χ3v) is 3.67. The Labute approximate surface area is 132 Å². The molecule has 0 unspecified atom stereocenters. The molecule has 0 aliphatic heterocycles. The molecule has 0 bridgehead atoms. The number of hydrogen-bond donors (Lipinski definition) is 0. The van der Waals surface area contributed by atoms with Crippen LogP contribution in [0.2, 0.25) is 0 Å². The van der Waals surface area contributed by atoms with Gasteiger partial charge in [0.1, 0.15) is 6.61 Å². The van der Waals surface area contributed by atoms with Gasteiger partial charge in [-0.3, -0.25) is 4.79 Å². The van der Waals surface area contributed by atoms with E-state index >= 15 is 0 Å². The zero-order valence-electron chi connectivity index (χ0n) is 13.5. The van der Waals surface area contributed by atoms with Gasteiger partial charge in [-0.2, -0.15) is 0 Å². The second-order valence-corrected chi connectivity index (χ2v) is 5.66. The third-order valence-electron chi connectivity index (χ3n) is 3.67. The summed E-state index contributed by atoms with van der Waals surface area (Å²) in [4.78, 5) is 13.8. The van der Waals surface area contributed by atoms with Crippen LogP contribution in [0.15, 0.2) is 48.5 Å². The molecule has 116 valence electrons. The summed E-state index contributed by atoms with van der Waals surface area (Å²) >= 11 is 0. The summed E-state index contributed by atoms with van der Waals surface area (Å²) in [6, 6.07) is 16.2. The zero-order valence-corrected chi connectivity index (χ0v) is 13.5. The molecule has 0 heterocycles. The number of nitrogens with zero attached hydrogens (tertiary/aromatic N) is 1. The Kier molecular flexibility index (Phi) is 5.73. The van der Waals surface area contributed by atoms with E-state index in [1.807, 2.05) is 30.3 Å². The average Bonchev–Trinajstić information content (AvgIpc) is 2.50. The first kappa shape index (κ1) is 16.2. The van der Waals surface area contributed by atoms with Crippen molar-refractivity contribution in [3.8, 4) is 0 Å². The van der Waals surface area contributed by atoms with Crippen LogP contribution in [0.5, 0.6) is 0 Å². The minimum atomic E-state index is -0.00591. The molecule has 2 aromatic rings. The van der Waals surface area contributed by atoms with E-state index in [1.165, 1.54) is 11.1 Å². The number of hydrogen-bond acceptors (Lipinski definition) is 2. The molecule has 1 amide bonds. The predicted molar refractivity (Wildman–Crippen MR) is 88.5 cm³/mol. The molecule has 0 saturated carbocycles. The molecular weight excluding hydrogens is 274 g/mol. The predicted octanol–water partition coefficient (Wildman–Crippen LogP) is 3.48. The molecule has 2 aromatic carbocycles. The lowest BCUT2D eigenvalue weighted by Crippen LogP contribution is -2.29. The second kappa shape index (κ2) is 7.76. The highest BCUT2D eigenvalue weighted by Gasteiger charge is 2.09. The van der Waals surface area contributed by atoms with Gasteiger partial charge in [0.25, 0.3) is 0 Å². The molecule has 3 nitrogen and oxygen atoms in total. The number of amides is 1. The van der Waals surface area contributed by atoms with Gasteiger partial charge < -0.3 is 9.64 Å². The zero-order chi connectivity index (χ0) is 15.9. The molecule has 0 aliphatic rings. The maximum Gasteiger partial charge on any atom is 0.248 e. The molecular formula is C19H23NO2.